The largest absolute Gasteiger partial charge is 0.484 e. The van der Waals surface area contributed by atoms with E-state index in [1.807, 2.05) is 0 Å². The quantitative estimate of drug-likeness (QED) is 0.568. The SMILES string of the molecule is O=C(O)CCCCCNC(=O)Cn1nnnc1COc1ccccc1Cl. The van der Waals surface area contributed by atoms with Crippen LogP contribution in [0.1, 0.15) is 31.5 Å². The number of carboxylic acid groups (broad SMARTS) is 1. The van der Waals surface area contributed by atoms with Gasteiger partial charge in [-0.3, -0.25) is 9.59 Å². The minimum Gasteiger partial charge on any atom is -0.484 e. The molecule has 26 heavy (non-hydrogen) atoms. The van der Waals surface area contributed by atoms with Gasteiger partial charge < -0.3 is 15.2 Å². The maximum atomic E-state index is 11.9. The van der Waals surface area contributed by atoms with Gasteiger partial charge in [-0.05, 0) is 35.4 Å². The Hall–Kier alpha value is -2.68. The van der Waals surface area contributed by atoms with Crippen molar-refractivity contribution in [1.82, 2.24) is 25.5 Å². The number of carbonyl (C=O) groups excluding carboxylic acids is 1. The van der Waals surface area contributed by atoms with Crippen LogP contribution in [0.5, 0.6) is 5.75 Å². The van der Waals surface area contributed by atoms with E-state index in [2.05, 4.69) is 20.8 Å². The molecule has 1 aromatic heterocycles. The number of halogens is 1. The second-order valence-corrected chi connectivity index (χ2v) is 5.93. The van der Waals surface area contributed by atoms with Crippen molar-refractivity contribution in [2.75, 3.05) is 6.54 Å². The second kappa shape index (κ2) is 10.3. The minimum atomic E-state index is -0.806. The van der Waals surface area contributed by atoms with Gasteiger partial charge in [-0.1, -0.05) is 30.2 Å². The molecule has 0 bridgehead atoms. The van der Waals surface area contributed by atoms with Crippen molar-refractivity contribution < 1.29 is 19.4 Å². The van der Waals surface area contributed by atoms with Crippen LogP contribution in [0.2, 0.25) is 5.02 Å². The van der Waals surface area contributed by atoms with Crippen LogP contribution < -0.4 is 10.1 Å². The van der Waals surface area contributed by atoms with E-state index < -0.39 is 5.97 Å². The number of benzene rings is 1. The van der Waals surface area contributed by atoms with Crippen molar-refractivity contribution in [3.63, 3.8) is 0 Å². The summed E-state index contributed by atoms with van der Waals surface area (Å²) in [6.45, 7) is 0.536. The van der Waals surface area contributed by atoms with Crippen LogP contribution in [0.3, 0.4) is 0 Å². The molecule has 0 atom stereocenters. The van der Waals surface area contributed by atoms with Gasteiger partial charge in [0.15, 0.2) is 5.82 Å². The number of carboxylic acids is 1. The van der Waals surface area contributed by atoms with E-state index >= 15 is 0 Å². The van der Waals surface area contributed by atoms with E-state index in [9.17, 15) is 9.59 Å². The van der Waals surface area contributed by atoms with Crippen molar-refractivity contribution in [1.29, 1.82) is 0 Å². The number of aromatic nitrogens is 4. The Labute approximate surface area is 155 Å². The fourth-order valence-corrected chi connectivity index (χ4v) is 2.34. The average Bonchev–Trinajstić information content (AvgIpc) is 3.04. The summed E-state index contributed by atoms with van der Waals surface area (Å²) in [4.78, 5) is 22.4. The number of nitrogens with one attached hydrogen (secondary N) is 1. The smallest absolute Gasteiger partial charge is 0.303 e. The molecule has 0 aliphatic carbocycles. The molecule has 9 nitrogen and oxygen atoms in total. The fraction of sp³-hybridized carbons (Fsp3) is 0.438. The number of nitrogens with zero attached hydrogens (tertiary/aromatic N) is 4. The number of unbranched alkanes of at least 4 members (excludes halogenated alkanes) is 2. The van der Waals surface area contributed by atoms with Crippen LogP contribution in [0, 0.1) is 0 Å². The minimum absolute atomic E-state index is 0.0245. The molecule has 2 rings (SSSR count). The summed E-state index contributed by atoms with van der Waals surface area (Å²) in [6, 6.07) is 7.04. The first-order valence-electron chi connectivity index (χ1n) is 8.17. The third-order valence-electron chi connectivity index (χ3n) is 3.48. The first kappa shape index (κ1) is 19.6. The molecule has 1 heterocycles. The van der Waals surface area contributed by atoms with Crippen LogP contribution in [0.25, 0.3) is 0 Å². The first-order valence-corrected chi connectivity index (χ1v) is 8.55. The summed E-state index contributed by atoms with van der Waals surface area (Å²) in [5, 5.41) is 23.0. The third-order valence-corrected chi connectivity index (χ3v) is 3.79. The van der Waals surface area contributed by atoms with E-state index in [0.717, 1.165) is 12.8 Å². The molecule has 140 valence electrons. The molecule has 0 fully saturated rings. The molecule has 1 amide bonds. The van der Waals surface area contributed by atoms with Crippen molar-refractivity contribution in [3.8, 4) is 5.75 Å². The summed E-state index contributed by atoms with van der Waals surface area (Å²) >= 11 is 6.02. The molecular weight excluding hydrogens is 362 g/mol. The summed E-state index contributed by atoms with van der Waals surface area (Å²) in [7, 11) is 0. The van der Waals surface area contributed by atoms with Gasteiger partial charge >= 0.3 is 5.97 Å². The van der Waals surface area contributed by atoms with Crippen molar-refractivity contribution in [3.05, 3.63) is 35.1 Å². The maximum absolute atomic E-state index is 11.9. The van der Waals surface area contributed by atoms with E-state index in [1.165, 1.54) is 4.68 Å². The van der Waals surface area contributed by atoms with Gasteiger partial charge in [0.25, 0.3) is 0 Å². The predicted molar refractivity (Wildman–Crippen MR) is 92.7 cm³/mol. The highest BCUT2D eigenvalue weighted by Gasteiger charge is 2.11. The number of hydrogen-bond acceptors (Lipinski definition) is 6. The highest BCUT2D eigenvalue weighted by Crippen LogP contribution is 2.23. The standard InChI is InChI=1S/C16H20ClN5O4/c17-12-6-3-4-7-13(12)26-11-14-19-20-21-22(14)10-15(23)18-9-5-1-2-8-16(24)25/h3-4,6-7H,1-2,5,8-11H2,(H,18,23)(H,24,25). The Morgan fingerprint density at radius 3 is 2.81 bits per heavy atom. The number of rotatable bonds is 11. The van der Waals surface area contributed by atoms with Crippen LogP contribution in [-0.4, -0.2) is 43.7 Å². The Kier molecular flexibility index (Phi) is 7.81. The van der Waals surface area contributed by atoms with E-state index in [0.29, 0.717) is 29.6 Å². The van der Waals surface area contributed by atoms with Crippen LogP contribution >= 0.6 is 11.6 Å². The zero-order valence-corrected chi connectivity index (χ0v) is 14.9. The molecule has 0 aliphatic heterocycles. The number of carbonyl (C=O) groups is 2. The van der Waals surface area contributed by atoms with Crippen LogP contribution in [0.15, 0.2) is 24.3 Å². The molecular formula is C16H20ClN5O4. The van der Waals surface area contributed by atoms with Gasteiger partial charge in [0.2, 0.25) is 5.91 Å². The number of ether oxygens (including phenoxy) is 1. The predicted octanol–water partition coefficient (Wildman–Crippen LogP) is 1.67. The van der Waals surface area contributed by atoms with Gasteiger partial charge in [-0.25, -0.2) is 4.68 Å². The van der Waals surface area contributed by atoms with Crippen molar-refractivity contribution in [2.45, 2.75) is 38.8 Å². The molecule has 0 radical (unpaired) electrons. The van der Waals surface area contributed by atoms with Crippen molar-refractivity contribution in [2.24, 2.45) is 0 Å². The number of tetrazole rings is 1. The van der Waals surface area contributed by atoms with Crippen molar-refractivity contribution >= 4 is 23.5 Å². The highest BCUT2D eigenvalue weighted by atomic mass is 35.5. The van der Waals surface area contributed by atoms with Gasteiger partial charge in [-0.2, -0.15) is 0 Å². The molecule has 2 N–H and O–H groups in total. The Morgan fingerprint density at radius 1 is 1.23 bits per heavy atom. The number of amides is 1. The highest BCUT2D eigenvalue weighted by molar-refractivity contribution is 6.32. The summed E-state index contributed by atoms with van der Waals surface area (Å²) in [5.41, 5.74) is 0. The molecule has 0 aliphatic rings. The van der Waals surface area contributed by atoms with E-state index in [-0.39, 0.29) is 25.5 Å². The number of hydrogen-bond donors (Lipinski definition) is 2. The average molecular weight is 382 g/mol. The second-order valence-electron chi connectivity index (χ2n) is 5.53. The van der Waals surface area contributed by atoms with Gasteiger partial charge in [0.05, 0.1) is 5.02 Å². The summed E-state index contributed by atoms with van der Waals surface area (Å²) < 4.78 is 6.93. The zero-order chi connectivity index (χ0) is 18.8. The van der Waals surface area contributed by atoms with E-state index in [4.69, 9.17) is 21.4 Å². The Bertz CT molecular complexity index is 737. The molecule has 0 saturated carbocycles. The lowest BCUT2D eigenvalue weighted by molar-refractivity contribution is -0.137. The van der Waals surface area contributed by atoms with E-state index in [1.54, 1.807) is 24.3 Å². The fourth-order valence-electron chi connectivity index (χ4n) is 2.15. The molecule has 10 heteroatoms. The summed E-state index contributed by atoms with van der Waals surface area (Å²) in [6.07, 6.45) is 2.21. The normalized spacial score (nSPS) is 10.5. The number of para-hydroxylation sites is 1. The molecule has 0 spiro atoms. The van der Waals surface area contributed by atoms with Gasteiger partial charge in [0.1, 0.15) is 18.9 Å². The van der Waals surface area contributed by atoms with Gasteiger partial charge in [-0.15, -0.1) is 5.10 Å². The number of aliphatic carboxylic acids is 1. The topological polar surface area (TPSA) is 119 Å². The molecule has 2 aromatic rings. The third kappa shape index (κ3) is 6.67. The lowest BCUT2D eigenvalue weighted by atomic mass is 10.2. The molecule has 0 unspecified atom stereocenters. The first-order chi connectivity index (χ1) is 12.6. The lowest BCUT2D eigenvalue weighted by Gasteiger charge is -2.08. The maximum Gasteiger partial charge on any atom is 0.303 e. The lowest BCUT2D eigenvalue weighted by Crippen LogP contribution is -2.29. The zero-order valence-electron chi connectivity index (χ0n) is 14.1. The van der Waals surface area contributed by atoms with Crippen LogP contribution in [0.4, 0.5) is 0 Å². The molecule has 0 saturated heterocycles. The Morgan fingerprint density at radius 2 is 2.04 bits per heavy atom. The Balaban J connectivity index is 1.73. The monoisotopic (exact) mass is 381 g/mol. The van der Waals surface area contributed by atoms with Gasteiger partial charge in [0, 0.05) is 13.0 Å². The molecule has 1 aromatic carbocycles. The van der Waals surface area contributed by atoms with Crippen LogP contribution in [-0.2, 0) is 22.7 Å². The summed E-state index contributed by atoms with van der Waals surface area (Å²) in [5.74, 6) is -0.121.